The molecule has 5 rings (SSSR count). The highest BCUT2D eigenvalue weighted by atomic mass is 16.3. The van der Waals surface area contributed by atoms with E-state index in [9.17, 15) is 4.79 Å². The van der Waals surface area contributed by atoms with Crippen molar-refractivity contribution >= 4 is 17.0 Å². The summed E-state index contributed by atoms with van der Waals surface area (Å²) < 4.78 is 6.05. The number of fused-ring (bicyclic) bond motifs is 1. The highest BCUT2D eigenvalue weighted by molar-refractivity contribution is 6.10. The number of nitrogens with one attached hydrogen (secondary N) is 1. The third kappa shape index (κ3) is 3.42. The summed E-state index contributed by atoms with van der Waals surface area (Å²) >= 11 is 0. The Morgan fingerprint density at radius 1 is 1.07 bits per heavy atom. The summed E-state index contributed by atoms with van der Waals surface area (Å²) in [6.07, 6.45) is 5.13. The van der Waals surface area contributed by atoms with E-state index in [1.165, 1.54) is 29.5 Å². The fourth-order valence-corrected chi connectivity index (χ4v) is 3.80. The molecular formula is C25H22N2O2. The van der Waals surface area contributed by atoms with Crippen LogP contribution in [0.3, 0.4) is 0 Å². The Morgan fingerprint density at radius 3 is 2.48 bits per heavy atom. The van der Waals surface area contributed by atoms with E-state index in [4.69, 9.17) is 4.42 Å². The van der Waals surface area contributed by atoms with Crippen molar-refractivity contribution < 1.29 is 9.21 Å². The monoisotopic (exact) mass is 382 g/mol. The second-order valence-electron chi connectivity index (χ2n) is 7.64. The molecule has 0 unspecified atom stereocenters. The van der Waals surface area contributed by atoms with Gasteiger partial charge in [0.25, 0.3) is 5.91 Å². The van der Waals surface area contributed by atoms with E-state index in [0.717, 1.165) is 17.4 Å². The average molecular weight is 382 g/mol. The van der Waals surface area contributed by atoms with Crippen LogP contribution in [0.1, 0.15) is 45.8 Å². The molecule has 1 aliphatic carbocycles. The molecule has 1 aliphatic rings. The van der Waals surface area contributed by atoms with Gasteiger partial charge in [0.2, 0.25) is 5.71 Å². The lowest BCUT2D eigenvalue weighted by atomic mass is 10.0. The molecule has 1 amide bonds. The van der Waals surface area contributed by atoms with Crippen molar-refractivity contribution in [3.05, 3.63) is 89.1 Å². The van der Waals surface area contributed by atoms with Crippen molar-refractivity contribution in [2.24, 2.45) is 0 Å². The van der Waals surface area contributed by atoms with Crippen molar-refractivity contribution in [1.82, 2.24) is 10.3 Å². The largest absolute Gasteiger partial charge is 0.437 e. The predicted octanol–water partition coefficient (Wildman–Crippen LogP) is 5.32. The Hall–Kier alpha value is -3.40. The van der Waals surface area contributed by atoms with Crippen molar-refractivity contribution in [3.63, 3.8) is 0 Å². The number of hydrogen-bond acceptors (Lipinski definition) is 3. The first-order valence-corrected chi connectivity index (χ1v) is 10.0. The predicted molar refractivity (Wildman–Crippen MR) is 114 cm³/mol. The number of hydrogen-bond donors (Lipinski definition) is 1. The van der Waals surface area contributed by atoms with Crippen LogP contribution < -0.4 is 5.32 Å². The van der Waals surface area contributed by atoms with Crippen LogP contribution in [0.2, 0.25) is 0 Å². The zero-order valence-corrected chi connectivity index (χ0v) is 16.3. The lowest BCUT2D eigenvalue weighted by Crippen LogP contribution is -2.18. The number of carbonyl (C=O) groups is 1. The van der Waals surface area contributed by atoms with Crippen LogP contribution in [0.25, 0.3) is 22.4 Å². The zero-order chi connectivity index (χ0) is 19.8. The molecule has 29 heavy (non-hydrogen) atoms. The highest BCUT2D eigenvalue weighted by Crippen LogP contribution is 2.42. The van der Waals surface area contributed by atoms with Gasteiger partial charge in [-0.2, -0.15) is 0 Å². The SMILES string of the molecule is CNC(=O)c1c(-c2ccc(Cc3ccccc3)cc2)oc2ncc(C3CC3)cc12. The first-order valence-electron chi connectivity index (χ1n) is 10.0. The van der Waals surface area contributed by atoms with Crippen molar-refractivity contribution in [2.75, 3.05) is 7.05 Å². The lowest BCUT2D eigenvalue weighted by molar-refractivity contribution is 0.0964. The molecular weight excluding hydrogens is 360 g/mol. The molecule has 0 bridgehead atoms. The van der Waals surface area contributed by atoms with Gasteiger partial charge in [0.05, 0.1) is 10.9 Å². The van der Waals surface area contributed by atoms with E-state index in [1.54, 1.807) is 7.05 Å². The van der Waals surface area contributed by atoms with E-state index in [0.29, 0.717) is 23.0 Å². The van der Waals surface area contributed by atoms with Crippen molar-refractivity contribution in [2.45, 2.75) is 25.2 Å². The minimum absolute atomic E-state index is 0.151. The van der Waals surface area contributed by atoms with Gasteiger partial charge in [0.1, 0.15) is 5.76 Å². The summed E-state index contributed by atoms with van der Waals surface area (Å²) in [5.74, 6) is 0.993. The molecule has 1 fully saturated rings. The molecule has 4 aromatic rings. The summed E-state index contributed by atoms with van der Waals surface area (Å²) in [6, 6.07) is 20.7. The van der Waals surface area contributed by atoms with Crippen LogP contribution in [0, 0.1) is 0 Å². The molecule has 0 radical (unpaired) electrons. The van der Waals surface area contributed by atoms with E-state index < -0.39 is 0 Å². The first-order chi connectivity index (χ1) is 14.2. The van der Waals surface area contributed by atoms with Gasteiger partial charge in [-0.15, -0.1) is 0 Å². The Labute approximate surface area is 169 Å². The third-order valence-corrected chi connectivity index (χ3v) is 5.54. The molecule has 4 heteroatoms. The van der Waals surface area contributed by atoms with Crippen LogP contribution >= 0.6 is 0 Å². The molecule has 0 aliphatic heterocycles. The summed E-state index contributed by atoms with van der Waals surface area (Å²) in [5.41, 5.74) is 5.63. The topological polar surface area (TPSA) is 55.1 Å². The smallest absolute Gasteiger partial charge is 0.255 e. The van der Waals surface area contributed by atoms with Crippen LogP contribution in [-0.2, 0) is 6.42 Å². The Bertz CT molecular complexity index is 1170. The molecule has 144 valence electrons. The number of furan rings is 1. The van der Waals surface area contributed by atoms with Crippen LogP contribution in [0.4, 0.5) is 0 Å². The number of aromatic nitrogens is 1. The maximum atomic E-state index is 12.7. The molecule has 4 nitrogen and oxygen atoms in total. The van der Waals surface area contributed by atoms with Crippen molar-refractivity contribution in [1.29, 1.82) is 0 Å². The van der Waals surface area contributed by atoms with Gasteiger partial charge >= 0.3 is 0 Å². The minimum atomic E-state index is -0.151. The maximum Gasteiger partial charge on any atom is 0.255 e. The van der Waals surface area contributed by atoms with Gasteiger partial charge in [-0.25, -0.2) is 4.98 Å². The molecule has 2 aromatic heterocycles. The molecule has 0 atom stereocenters. The third-order valence-electron chi connectivity index (χ3n) is 5.54. The molecule has 1 N–H and O–H groups in total. The summed E-state index contributed by atoms with van der Waals surface area (Å²) in [4.78, 5) is 17.2. The molecule has 1 saturated carbocycles. The highest BCUT2D eigenvalue weighted by Gasteiger charge is 2.27. The summed E-state index contributed by atoms with van der Waals surface area (Å²) in [7, 11) is 1.64. The van der Waals surface area contributed by atoms with Gasteiger partial charge in [-0.3, -0.25) is 4.79 Å². The number of benzene rings is 2. The van der Waals surface area contributed by atoms with E-state index in [-0.39, 0.29) is 5.91 Å². The zero-order valence-electron chi connectivity index (χ0n) is 16.3. The number of rotatable bonds is 5. The first kappa shape index (κ1) is 17.7. The van der Waals surface area contributed by atoms with Gasteiger partial charge in [0.15, 0.2) is 0 Å². The Morgan fingerprint density at radius 2 is 1.79 bits per heavy atom. The molecule has 0 saturated heterocycles. The van der Waals surface area contributed by atoms with Crippen LogP contribution in [-0.4, -0.2) is 17.9 Å². The number of carbonyl (C=O) groups excluding carboxylic acids is 1. The van der Waals surface area contributed by atoms with Gasteiger partial charge in [0, 0.05) is 18.8 Å². The second-order valence-corrected chi connectivity index (χ2v) is 7.64. The summed E-state index contributed by atoms with van der Waals surface area (Å²) in [5, 5.41) is 3.54. The van der Waals surface area contributed by atoms with E-state index >= 15 is 0 Å². The number of nitrogens with zero attached hydrogens (tertiary/aromatic N) is 1. The van der Waals surface area contributed by atoms with Gasteiger partial charge in [-0.05, 0) is 47.9 Å². The molecule has 2 heterocycles. The van der Waals surface area contributed by atoms with Gasteiger partial charge < -0.3 is 9.73 Å². The molecule has 2 aromatic carbocycles. The fourth-order valence-electron chi connectivity index (χ4n) is 3.80. The van der Waals surface area contributed by atoms with Crippen LogP contribution in [0.15, 0.2) is 71.3 Å². The number of amides is 1. The Balaban J connectivity index is 1.54. The van der Waals surface area contributed by atoms with E-state index in [1.807, 2.05) is 24.4 Å². The van der Waals surface area contributed by atoms with Crippen LogP contribution in [0.5, 0.6) is 0 Å². The maximum absolute atomic E-state index is 12.7. The normalized spacial score (nSPS) is 13.6. The standard InChI is InChI=1S/C25H22N2O2/c1-26-24(28)22-21-14-20(18-11-12-18)15-27-25(21)29-23(22)19-9-7-17(8-10-19)13-16-5-3-2-4-6-16/h2-10,14-15,18H,11-13H2,1H3,(H,26,28). The second kappa shape index (κ2) is 7.21. The van der Waals surface area contributed by atoms with Crippen molar-refractivity contribution in [3.8, 4) is 11.3 Å². The summed E-state index contributed by atoms with van der Waals surface area (Å²) in [6.45, 7) is 0. The van der Waals surface area contributed by atoms with E-state index in [2.05, 4.69) is 52.8 Å². The van der Waals surface area contributed by atoms with Gasteiger partial charge in [-0.1, -0.05) is 54.6 Å². The minimum Gasteiger partial charge on any atom is -0.437 e. The average Bonchev–Trinajstić information content (AvgIpc) is 3.54. The lowest BCUT2D eigenvalue weighted by Gasteiger charge is -2.05. The molecule has 0 spiro atoms. The Kier molecular flexibility index (Phi) is 4.39. The fraction of sp³-hybridized carbons (Fsp3) is 0.200. The number of pyridine rings is 1. The quantitative estimate of drug-likeness (QED) is 0.508.